The fourth-order valence-electron chi connectivity index (χ4n) is 5.86. The Bertz CT molecular complexity index is 1340. The zero-order chi connectivity index (χ0) is 37.6. The van der Waals surface area contributed by atoms with Crippen LogP contribution < -0.4 is 16.0 Å². The van der Waals surface area contributed by atoms with Gasteiger partial charge in [0, 0.05) is 13.1 Å². The number of nitrogens with zero attached hydrogens (tertiary/aromatic N) is 1. The molecule has 3 N–H and O–H groups in total. The lowest BCUT2D eigenvalue weighted by molar-refractivity contribution is -0.154. The number of amides is 4. The maximum atomic E-state index is 14.2. The molecule has 2 aliphatic rings. The van der Waals surface area contributed by atoms with Crippen LogP contribution in [0, 0.1) is 5.92 Å². The number of ether oxygens (including phenoxy) is 2. The number of alkyl carbamates (subject to hydrolysis) is 1. The van der Waals surface area contributed by atoms with Crippen molar-refractivity contribution in [1.29, 1.82) is 0 Å². The first-order chi connectivity index (χ1) is 23.4. The van der Waals surface area contributed by atoms with E-state index in [4.69, 9.17) is 9.47 Å². The third-order valence-electron chi connectivity index (χ3n) is 7.88. The molecule has 0 radical (unpaired) electrons. The highest BCUT2D eigenvalue weighted by atomic mass is 16.6. The summed E-state index contributed by atoms with van der Waals surface area (Å²) >= 11 is 0. The van der Waals surface area contributed by atoms with Gasteiger partial charge in [-0.15, -0.1) is 6.58 Å². The van der Waals surface area contributed by atoms with Gasteiger partial charge in [-0.25, -0.2) is 4.79 Å². The van der Waals surface area contributed by atoms with Crippen LogP contribution in [0.3, 0.4) is 0 Å². The zero-order valence-corrected chi connectivity index (χ0v) is 31.2. The molecule has 4 amide bonds. The van der Waals surface area contributed by atoms with Gasteiger partial charge in [0.1, 0.15) is 23.3 Å². The van der Waals surface area contributed by atoms with Crippen molar-refractivity contribution in [2.75, 3.05) is 13.1 Å². The van der Waals surface area contributed by atoms with E-state index in [0.717, 1.165) is 11.1 Å². The highest BCUT2D eigenvalue weighted by Gasteiger charge is 2.43. The zero-order valence-electron chi connectivity index (χ0n) is 31.2. The Morgan fingerprint density at radius 2 is 1.52 bits per heavy atom. The molecule has 50 heavy (non-hydrogen) atoms. The number of rotatable bonds is 13. The summed E-state index contributed by atoms with van der Waals surface area (Å²) in [6, 6.07) is 4.87. The second-order valence-corrected chi connectivity index (χ2v) is 14.8. The molecule has 1 aliphatic carbocycles. The number of fused-ring (bicyclic) bond motifs is 1. The van der Waals surface area contributed by atoms with Gasteiger partial charge in [-0.1, -0.05) is 50.6 Å². The fourth-order valence-corrected chi connectivity index (χ4v) is 5.86. The van der Waals surface area contributed by atoms with E-state index in [0.29, 0.717) is 38.6 Å². The van der Waals surface area contributed by atoms with Crippen molar-refractivity contribution in [2.24, 2.45) is 5.92 Å². The monoisotopic (exact) mass is 698 g/mol. The Kier molecular flexibility index (Phi) is 16.1. The molecule has 12 nitrogen and oxygen atoms in total. The van der Waals surface area contributed by atoms with Gasteiger partial charge in [0.05, 0.1) is 12.5 Å². The summed E-state index contributed by atoms with van der Waals surface area (Å²) < 4.78 is 10.7. The summed E-state index contributed by atoms with van der Waals surface area (Å²) in [6.45, 7) is 18.5. The van der Waals surface area contributed by atoms with Crippen LogP contribution in [0.5, 0.6) is 0 Å². The van der Waals surface area contributed by atoms with Gasteiger partial charge in [-0.3, -0.25) is 24.0 Å². The standard InChI is InChI=1S/C35H50N4O8.C3H8/c1-8-9-15-25(29(41)31(43)36-18-17-27(40)46-34(2,3)4)37-30(42)26-16-12-19-39(26)32(44)28(38-33(45)47-35(5,6)7)24-20-22-13-10-11-14-23(22)21-24;1-3-2/h8,10-11,13-14,24-26,28H,1,9,12,15-21H2,2-7H3,(H,36,43)(H,37,42)(H,38,45);3H2,1-2H3/t25?,26-,28-;/m0./s1. The minimum atomic E-state index is -1.17. The molecule has 0 bridgehead atoms. The van der Waals surface area contributed by atoms with E-state index in [1.165, 1.54) is 11.3 Å². The normalized spacial score (nSPS) is 16.9. The quantitative estimate of drug-likeness (QED) is 0.154. The summed E-state index contributed by atoms with van der Waals surface area (Å²) in [4.78, 5) is 80.0. The Balaban J connectivity index is 0.00000278. The van der Waals surface area contributed by atoms with Crippen LogP contribution in [0.4, 0.5) is 4.79 Å². The molecule has 0 aromatic heterocycles. The average Bonchev–Trinajstić information content (AvgIpc) is 3.67. The molecule has 1 saturated heterocycles. The molecule has 0 spiro atoms. The molecule has 1 unspecified atom stereocenters. The number of hydrogen-bond acceptors (Lipinski definition) is 8. The van der Waals surface area contributed by atoms with Crippen molar-refractivity contribution in [3.63, 3.8) is 0 Å². The van der Waals surface area contributed by atoms with Crippen LogP contribution in [-0.4, -0.2) is 82.9 Å². The van der Waals surface area contributed by atoms with Crippen LogP contribution in [0.1, 0.15) is 105 Å². The maximum absolute atomic E-state index is 14.2. The Hall–Kier alpha value is -4.22. The summed E-state index contributed by atoms with van der Waals surface area (Å²) in [5, 5.41) is 7.91. The second kappa shape index (κ2) is 19.2. The molecule has 12 heteroatoms. The largest absolute Gasteiger partial charge is 0.460 e. The van der Waals surface area contributed by atoms with Gasteiger partial charge in [0.2, 0.25) is 17.6 Å². The van der Waals surface area contributed by atoms with E-state index in [-0.39, 0.29) is 25.3 Å². The van der Waals surface area contributed by atoms with Crippen molar-refractivity contribution < 1.29 is 38.2 Å². The third-order valence-corrected chi connectivity index (χ3v) is 7.88. The van der Waals surface area contributed by atoms with E-state index in [2.05, 4.69) is 36.4 Å². The van der Waals surface area contributed by atoms with Crippen LogP contribution in [0.2, 0.25) is 0 Å². The first-order valence-electron chi connectivity index (χ1n) is 17.7. The van der Waals surface area contributed by atoms with E-state index in [1.54, 1.807) is 47.6 Å². The van der Waals surface area contributed by atoms with Crippen molar-refractivity contribution in [3.05, 3.63) is 48.0 Å². The van der Waals surface area contributed by atoms with Gasteiger partial charge in [-0.2, -0.15) is 0 Å². The molecule has 1 aromatic rings. The van der Waals surface area contributed by atoms with Gasteiger partial charge in [-0.05, 0) is 97.1 Å². The smallest absolute Gasteiger partial charge is 0.408 e. The third kappa shape index (κ3) is 13.6. The molecule has 3 atom stereocenters. The molecular weight excluding hydrogens is 640 g/mol. The van der Waals surface area contributed by atoms with Crippen molar-refractivity contribution in [2.45, 2.75) is 136 Å². The molecule has 1 aliphatic heterocycles. The lowest BCUT2D eigenvalue weighted by Gasteiger charge is -2.32. The molecule has 0 saturated carbocycles. The minimum absolute atomic E-state index is 0.108. The number of likely N-dealkylation sites (tertiary alicyclic amines) is 1. The minimum Gasteiger partial charge on any atom is -0.460 e. The lowest BCUT2D eigenvalue weighted by Crippen LogP contribution is -2.58. The predicted molar refractivity (Wildman–Crippen MR) is 191 cm³/mol. The van der Waals surface area contributed by atoms with E-state index < -0.39 is 64.9 Å². The van der Waals surface area contributed by atoms with Crippen LogP contribution in [-0.2, 0) is 46.3 Å². The number of hydrogen-bond donors (Lipinski definition) is 3. The van der Waals surface area contributed by atoms with Gasteiger partial charge in [0.15, 0.2) is 0 Å². The average molecular weight is 699 g/mol. The molecule has 1 heterocycles. The van der Waals surface area contributed by atoms with Gasteiger partial charge in [0.25, 0.3) is 5.91 Å². The molecular formula is C38H58N4O8. The SMILES string of the molecule is C=CCCC(NC(=O)[C@@H]1CCCN1C(=O)[C@@H](NC(=O)OC(C)(C)C)C1Cc2ccccc2C1)C(=O)C(=O)NCCC(=O)OC(C)(C)C.CCC. The summed E-state index contributed by atoms with van der Waals surface area (Å²) in [7, 11) is 0. The topological polar surface area (TPSA) is 160 Å². The number of allylic oxidation sites excluding steroid dienone is 1. The number of nitrogens with one attached hydrogen (secondary N) is 3. The molecule has 1 aromatic carbocycles. The molecule has 1 fully saturated rings. The first-order valence-corrected chi connectivity index (χ1v) is 17.7. The molecule has 278 valence electrons. The van der Waals surface area contributed by atoms with Crippen molar-refractivity contribution >= 4 is 35.6 Å². The number of Topliss-reactive ketones (excluding diaryl/α,β-unsaturated/α-hetero) is 1. The van der Waals surface area contributed by atoms with Gasteiger partial charge < -0.3 is 30.3 Å². The lowest BCUT2D eigenvalue weighted by atomic mass is 9.95. The van der Waals surface area contributed by atoms with Crippen LogP contribution >= 0.6 is 0 Å². The van der Waals surface area contributed by atoms with E-state index in [9.17, 15) is 28.8 Å². The Morgan fingerprint density at radius 1 is 0.940 bits per heavy atom. The number of benzene rings is 1. The van der Waals surface area contributed by atoms with Crippen LogP contribution in [0.25, 0.3) is 0 Å². The van der Waals surface area contributed by atoms with Crippen molar-refractivity contribution in [1.82, 2.24) is 20.9 Å². The highest BCUT2D eigenvalue weighted by molar-refractivity contribution is 6.38. The number of ketones is 1. The molecule has 3 rings (SSSR count). The number of esters is 1. The Labute approximate surface area is 297 Å². The van der Waals surface area contributed by atoms with E-state index in [1.807, 2.05) is 24.3 Å². The highest BCUT2D eigenvalue weighted by Crippen LogP contribution is 2.31. The maximum Gasteiger partial charge on any atom is 0.408 e. The number of carbonyl (C=O) groups excluding carboxylic acids is 6. The van der Waals surface area contributed by atoms with Gasteiger partial charge >= 0.3 is 12.1 Å². The van der Waals surface area contributed by atoms with E-state index >= 15 is 0 Å². The predicted octanol–water partition coefficient (Wildman–Crippen LogP) is 4.57. The number of carbonyl (C=O) groups is 6. The van der Waals surface area contributed by atoms with Crippen LogP contribution in [0.15, 0.2) is 36.9 Å². The Morgan fingerprint density at radius 3 is 2.06 bits per heavy atom. The second-order valence-electron chi connectivity index (χ2n) is 14.8. The summed E-state index contributed by atoms with van der Waals surface area (Å²) in [5.74, 6) is -3.54. The summed E-state index contributed by atoms with van der Waals surface area (Å²) in [6.07, 6.45) is 4.50. The first kappa shape index (κ1) is 41.9. The van der Waals surface area contributed by atoms with Crippen molar-refractivity contribution in [3.8, 4) is 0 Å². The summed E-state index contributed by atoms with van der Waals surface area (Å²) in [5.41, 5.74) is 0.747. The fraction of sp³-hybridized carbons (Fsp3) is 0.632.